The average molecular weight is 442 g/mol. The minimum absolute atomic E-state index is 0.0196. The third kappa shape index (κ3) is 4.37. The monoisotopic (exact) mass is 441 g/mol. The first-order valence-electron chi connectivity index (χ1n) is 9.88. The van der Waals surface area contributed by atoms with Gasteiger partial charge < -0.3 is 9.80 Å². The van der Waals surface area contributed by atoms with Gasteiger partial charge in [0.05, 0.1) is 22.8 Å². The molecule has 2 heterocycles. The summed E-state index contributed by atoms with van der Waals surface area (Å²) in [6.07, 6.45) is 0.699. The average Bonchev–Trinajstić information content (AvgIpc) is 2.97. The fourth-order valence-electron chi connectivity index (χ4n) is 4.27. The van der Waals surface area contributed by atoms with Gasteiger partial charge in [0.15, 0.2) is 0 Å². The van der Waals surface area contributed by atoms with Crippen molar-refractivity contribution in [2.45, 2.75) is 37.1 Å². The minimum atomic E-state index is -4.59. The summed E-state index contributed by atoms with van der Waals surface area (Å²) >= 11 is 1.67. The number of benzene rings is 1. The number of hydrogen-bond acceptors (Lipinski definition) is 4. The summed E-state index contributed by atoms with van der Waals surface area (Å²) in [6.45, 7) is 4.68. The van der Waals surface area contributed by atoms with E-state index in [-0.39, 0.29) is 30.6 Å². The Balaban J connectivity index is 1.76. The molecule has 0 bridgehead atoms. The molecule has 0 aliphatic carbocycles. The molecule has 1 N–H and O–H groups in total. The van der Waals surface area contributed by atoms with Crippen molar-refractivity contribution in [3.63, 3.8) is 0 Å². The number of nitrogens with one attached hydrogen (secondary N) is 1. The van der Waals surface area contributed by atoms with E-state index in [0.717, 1.165) is 11.8 Å². The predicted molar refractivity (Wildman–Crippen MR) is 111 cm³/mol. The number of carbonyl (C=O) groups excluding carboxylic acids is 2. The molecule has 30 heavy (non-hydrogen) atoms. The van der Waals surface area contributed by atoms with E-state index < -0.39 is 23.3 Å². The number of nitrogens with zero attached hydrogens (tertiary/aromatic N) is 2. The van der Waals surface area contributed by atoms with Crippen molar-refractivity contribution >= 4 is 23.6 Å². The maximum atomic E-state index is 13.3. The smallest absolute Gasteiger partial charge is 0.338 e. The summed E-state index contributed by atoms with van der Waals surface area (Å²) in [5, 5.41) is 3.46. The maximum absolute atomic E-state index is 13.3. The molecule has 1 spiro atoms. The summed E-state index contributed by atoms with van der Waals surface area (Å²) in [5.41, 5.74) is -1.85. The van der Waals surface area contributed by atoms with Crippen LogP contribution in [0.25, 0.3) is 0 Å². The standard InChI is InChI=1S/C21H26F3N3O2S/c1-3-11-27-19(29)17(8-14-30-2)25-20(27)9-12-26(13-10-20)18(28)15-6-4-5-7-16(15)21(22,23)24/h3-7,17,25H,1,8-14H2,2H3. The zero-order chi connectivity index (χ0) is 21.9. The fraction of sp³-hybridized carbons (Fsp3) is 0.524. The lowest BCUT2D eigenvalue weighted by Gasteiger charge is -2.44. The van der Waals surface area contributed by atoms with E-state index in [2.05, 4.69) is 11.9 Å². The number of piperidine rings is 1. The van der Waals surface area contributed by atoms with Crippen molar-refractivity contribution < 1.29 is 22.8 Å². The number of carbonyl (C=O) groups is 2. The Morgan fingerprint density at radius 3 is 2.60 bits per heavy atom. The van der Waals surface area contributed by atoms with E-state index in [1.54, 1.807) is 22.7 Å². The maximum Gasteiger partial charge on any atom is 0.417 e. The Labute approximate surface area is 178 Å². The third-order valence-corrected chi connectivity index (χ3v) is 6.43. The van der Waals surface area contributed by atoms with Gasteiger partial charge in [-0.3, -0.25) is 14.9 Å². The molecule has 9 heteroatoms. The molecule has 0 aromatic heterocycles. The number of likely N-dealkylation sites (tertiary alicyclic amines) is 1. The molecule has 2 fully saturated rings. The number of hydrogen-bond donors (Lipinski definition) is 1. The van der Waals surface area contributed by atoms with E-state index in [4.69, 9.17) is 0 Å². The Hall–Kier alpha value is -2.00. The molecular weight excluding hydrogens is 415 g/mol. The lowest BCUT2D eigenvalue weighted by Crippen LogP contribution is -2.59. The van der Waals surface area contributed by atoms with Gasteiger partial charge in [-0.15, -0.1) is 6.58 Å². The van der Waals surface area contributed by atoms with Crippen LogP contribution in [0.3, 0.4) is 0 Å². The molecule has 2 aliphatic heterocycles. The highest BCUT2D eigenvalue weighted by Crippen LogP contribution is 2.36. The molecule has 1 aromatic carbocycles. The van der Waals surface area contributed by atoms with Gasteiger partial charge in [-0.05, 0) is 30.6 Å². The van der Waals surface area contributed by atoms with Crippen molar-refractivity contribution in [1.82, 2.24) is 15.1 Å². The minimum Gasteiger partial charge on any atom is -0.338 e. The molecule has 1 atom stereocenters. The van der Waals surface area contributed by atoms with E-state index in [0.29, 0.717) is 25.8 Å². The van der Waals surface area contributed by atoms with Crippen LogP contribution < -0.4 is 5.32 Å². The van der Waals surface area contributed by atoms with Crippen LogP contribution in [0, 0.1) is 0 Å². The zero-order valence-electron chi connectivity index (χ0n) is 16.9. The number of alkyl halides is 3. The van der Waals surface area contributed by atoms with Gasteiger partial charge in [-0.25, -0.2) is 0 Å². The molecule has 2 aliphatic rings. The molecule has 0 radical (unpaired) electrons. The lowest BCUT2D eigenvalue weighted by molar-refractivity contribution is -0.138. The predicted octanol–water partition coefficient (Wildman–Crippen LogP) is 3.38. The van der Waals surface area contributed by atoms with E-state index >= 15 is 0 Å². The summed E-state index contributed by atoms with van der Waals surface area (Å²) in [4.78, 5) is 28.9. The number of thioether (sulfide) groups is 1. The highest BCUT2D eigenvalue weighted by atomic mass is 32.2. The molecule has 3 rings (SSSR count). The normalized spacial score (nSPS) is 21.3. The topological polar surface area (TPSA) is 52.7 Å². The zero-order valence-corrected chi connectivity index (χ0v) is 17.7. The Morgan fingerprint density at radius 2 is 2.00 bits per heavy atom. The second kappa shape index (κ2) is 9.01. The van der Waals surface area contributed by atoms with Crippen molar-refractivity contribution in [3.05, 3.63) is 48.0 Å². The van der Waals surface area contributed by atoms with Crippen LogP contribution in [0.4, 0.5) is 13.2 Å². The third-order valence-electron chi connectivity index (χ3n) is 5.79. The van der Waals surface area contributed by atoms with Gasteiger partial charge in [0, 0.05) is 32.5 Å². The van der Waals surface area contributed by atoms with Gasteiger partial charge >= 0.3 is 6.18 Å². The van der Waals surface area contributed by atoms with Crippen molar-refractivity contribution in [1.29, 1.82) is 0 Å². The number of rotatable bonds is 6. The van der Waals surface area contributed by atoms with Gasteiger partial charge in [-0.1, -0.05) is 18.2 Å². The van der Waals surface area contributed by atoms with Gasteiger partial charge in [-0.2, -0.15) is 24.9 Å². The van der Waals surface area contributed by atoms with Crippen LogP contribution in [0.5, 0.6) is 0 Å². The largest absolute Gasteiger partial charge is 0.417 e. The second-order valence-electron chi connectivity index (χ2n) is 7.58. The molecule has 0 saturated carbocycles. The highest BCUT2D eigenvalue weighted by Gasteiger charge is 2.51. The van der Waals surface area contributed by atoms with Crippen LogP contribution in [-0.2, 0) is 11.0 Å². The molecule has 1 unspecified atom stereocenters. The SMILES string of the molecule is C=CCN1C(=O)C(CCSC)NC12CCN(C(=O)c1ccccc1C(F)(F)F)CC2. The van der Waals surface area contributed by atoms with Crippen molar-refractivity contribution in [2.24, 2.45) is 0 Å². The fourth-order valence-corrected chi connectivity index (χ4v) is 4.74. The first-order chi connectivity index (χ1) is 14.2. The van der Waals surface area contributed by atoms with Crippen LogP contribution >= 0.6 is 11.8 Å². The van der Waals surface area contributed by atoms with Crippen LogP contribution in [0.1, 0.15) is 35.2 Å². The summed E-state index contributed by atoms with van der Waals surface area (Å²) in [7, 11) is 0. The van der Waals surface area contributed by atoms with Gasteiger partial charge in [0.2, 0.25) is 5.91 Å². The van der Waals surface area contributed by atoms with Gasteiger partial charge in [0.25, 0.3) is 5.91 Å². The van der Waals surface area contributed by atoms with Crippen molar-refractivity contribution in [3.8, 4) is 0 Å². The Bertz CT molecular complexity index is 807. The van der Waals surface area contributed by atoms with Crippen LogP contribution in [-0.4, -0.2) is 65.0 Å². The number of halogens is 3. The summed E-state index contributed by atoms with van der Waals surface area (Å²) < 4.78 is 39.9. The highest BCUT2D eigenvalue weighted by molar-refractivity contribution is 7.98. The van der Waals surface area contributed by atoms with Crippen LogP contribution in [0.2, 0.25) is 0 Å². The quantitative estimate of drug-likeness (QED) is 0.688. The molecular formula is C21H26F3N3O2S. The molecule has 164 valence electrons. The van der Waals surface area contributed by atoms with Crippen LogP contribution in [0.15, 0.2) is 36.9 Å². The second-order valence-corrected chi connectivity index (χ2v) is 8.57. The number of amides is 2. The summed E-state index contributed by atoms with van der Waals surface area (Å²) in [6, 6.07) is 4.58. The molecule has 2 amide bonds. The first-order valence-corrected chi connectivity index (χ1v) is 11.3. The lowest BCUT2D eigenvalue weighted by atomic mass is 9.94. The molecule has 2 saturated heterocycles. The van der Waals surface area contributed by atoms with E-state index in [1.807, 2.05) is 6.26 Å². The molecule has 1 aromatic rings. The van der Waals surface area contributed by atoms with E-state index in [1.165, 1.54) is 23.1 Å². The molecule has 5 nitrogen and oxygen atoms in total. The Kier molecular flexibility index (Phi) is 6.81. The van der Waals surface area contributed by atoms with E-state index in [9.17, 15) is 22.8 Å². The van der Waals surface area contributed by atoms with Crippen molar-refractivity contribution in [2.75, 3.05) is 31.6 Å². The van der Waals surface area contributed by atoms with Gasteiger partial charge in [0.1, 0.15) is 0 Å². The summed E-state index contributed by atoms with van der Waals surface area (Å²) in [5.74, 6) is 0.239. The first kappa shape index (κ1) is 22.7. The Morgan fingerprint density at radius 1 is 1.33 bits per heavy atom.